The van der Waals surface area contributed by atoms with Gasteiger partial charge in [-0.25, -0.2) is 4.39 Å². The molecule has 0 saturated carbocycles. The lowest BCUT2D eigenvalue weighted by atomic mass is 9.53. The minimum Gasteiger partial charge on any atom is -0.504 e. The fourth-order valence-electron chi connectivity index (χ4n) is 11.9. The van der Waals surface area contributed by atoms with Gasteiger partial charge in [-0.05, 0) is 125 Å². The molecular weight excluding hydrogens is 864 g/mol. The minimum absolute atomic E-state index is 0.0214. The topological polar surface area (TPSA) is 126 Å². The molecule has 4 aromatic carbocycles. The van der Waals surface area contributed by atoms with Crippen LogP contribution in [0.1, 0.15) is 76.5 Å². The first-order chi connectivity index (χ1) is 31.1. The van der Waals surface area contributed by atoms with Gasteiger partial charge in [0.15, 0.2) is 34.6 Å². The molecule has 4 aromatic rings. The van der Waals surface area contributed by atoms with Crippen LogP contribution in [-0.4, -0.2) is 91.0 Å². The van der Waals surface area contributed by atoms with E-state index in [9.17, 15) is 29.0 Å². The van der Waals surface area contributed by atoms with Crippen molar-refractivity contribution in [1.82, 2.24) is 9.80 Å². The second-order valence-corrected chi connectivity index (χ2v) is 20.9. The van der Waals surface area contributed by atoms with Crippen LogP contribution in [0.5, 0.6) is 17.2 Å². The zero-order valence-corrected chi connectivity index (χ0v) is 39.4. The molecule has 8 atom stereocenters. The Morgan fingerprint density at radius 3 is 1.83 bits per heavy atom. The number of carbonyl (C=O) groups excluding carboxylic acids is 3. The molecule has 0 radical (unpaired) electrons. The number of hydrogen-bond acceptors (Lipinski definition) is 12. The highest BCUT2D eigenvalue weighted by atomic mass is 32.2. The summed E-state index contributed by atoms with van der Waals surface area (Å²) in [6, 6.07) is 22.8. The van der Waals surface area contributed by atoms with Crippen LogP contribution < -0.4 is 4.74 Å². The van der Waals surface area contributed by atoms with Gasteiger partial charge in [0.1, 0.15) is 11.6 Å². The van der Waals surface area contributed by atoms with E-state index in [1.165, 1.54) is 48.3 Å². The van der Waals surface area contributed by atoms with E-state index in [0.717, 1.165) is 41.1 Å². The Morgan fingerprint density at radius 2 is 1.28 bits per heavy atom. The van der Waals surface area contributed by atoms with Gasteiger partial charge in [0.25, 0.3) is 0 Å². The Bertz CT molecular complexity index is 2650. The number of piperidine rings is 2. The number of nitrogens with zero attached hydrogens (tertiary/aromatic N) is 2. The lowest BCUT2D eigenvalue weighted by molar-refractivity contribution is -0.132. The Hall–Kier alpha value is -5.08. The van der Waals surface area contributed by atoms with E-state index in [-0.39, 0.29) is 75.7 Å². The summed E-state index contributed by atoms with van der Waals surface area (Å²) in [6.45, 7) is 7.18. The molecule has 0 amide bonds. The largest absolute Gasteiger partial charge is 0.504 e. The monoisotopic (exact) mass is 918 g/mol. The third-order valence-corrected chi connectivity index (χ3v) is 17.5. The number of methoxy groups -OCH3 is 2. The van der Waals surface area contributed by atoms with Gasteiger partial charge in [-0.15, -0.1) is 23.5 Å². The Labute approximate surface area is 388 Å². The maximum atomic E-state index is 13.5. The van der Waals surface area contributed by atoms with E-state index < -0.39 is 10.8 Å². The Balaban J connectivity index is 0.000000165. The number of halogens is 1. The van der Waals surface area contributed by atoms with Gasteiger partial charge in [-0.3, -0.25) is 14.4 Å². The van der Waals surface area contributed by atoms with Crippen molar-refractivity contribution in [3.05, 3.63) is 136 Å². The van der Waals surface area contributed by atoms with Crippen molar-refractivity contribution in [3.8, 4) is 17.2 Å². The van der Waals surface area contributed by atoms with Crippen LogP contribution in [0.3, 0.4) is 0 Å². The summed E-state index contributed by atoms with van der Waals surface area (Å²) in [7, 11) is 7.34. The van der Waals surface area contributed by atoms with Crippen molar-refractivity contribution >= 4 is 41.1 Å². The number of ketones is 2. The van der Waals surface area contributed by atoms with Crippen molar-refractivity contribution in [2.75, 3.05) is 41.4 Å². The van der Waals surface area contributed by atoms with E-state index in [2.05, 4.69) is 73.3 Å². The summed E-state index contributed by atoms with van der Waals surface area (Å²) in [5.41, 5.74) is 4.95. The number of ether oxygens (including phenoxy) is 3. The molecule has 65 heavy (non-hydrogen) atoms. The van der Waals surface area contributed by atoms with Crippen molar-refractivity contribution in [3.63, 3.8) is 0 Å². The van der Waals surface area contributed by atoms with E-state index in [1.807, 2.05) is 30.8 Å². The highest BCUT2D eigenvalue weighted by Crippen LogP contribution is 2.65. The molecule has 0 aromatic heterocycles. The molecule has 2 aliphatic heterocycles. The Morgan fingerprint density at radius 1 is 0.738 bits per heavy atom. The van der Waals surface area contributed by atoms with Crippen LogP contribution in [0.25, 0.3) is 0 Å². The number of allylic oxidation sites excluding steroid dienone is 2. The average Bonchev–Trinajstić information content (AvgIpc) is 3.27. The highest BCUT2D eigenvalue weighted by Gasteiger charge is 2.61. The summed E-state index contributed by atoms with van der Waals surface area (Å²) < 4.78 is 30.3. The van der Waals surface area contributed by atoms with Crippen LogP contribution >= 0.6 is 23.5 Å². The first-order valence-corrected chi connectivity index (χ1v) is 23.9. The summed E-state index contributed by atoms with van der Waals surface area (Å²) in [5.74, 6) is 0.437. The van der Waals surface area contributed by atoms with Crippen LogP contribution in [0.4, 0.5) is 4.39 Å². The number of likely N-dealkylation sites (tertiary alicyclic amines) is 2. The number of rotatable bonds is 7. The minimum atomic E-state index is -0.589. The number of thioether (sulfide) groups is 2. The number of esters is 1. The molecular formula is C52H55FN2O8S2. The molecule has 340 valence electrons. The first-order valence-electron chi connectivity index (χ1n) is 22.1. The molecule has 2 N–H and O–H groups in total. The first kappa shape index (κ1) is 45.1. The molecule has 2 fully saturated rings. The number of aromatic hydroxyl groups is 2. The van der Waals surface area contributed by atoms with Gasteiger partial charge in [-0.1, -0.05) is 35.9 Å². The van der Waals surface area contributed by atoms with Gasteiger partial charge in [0, 0.05) is 75.4 Å². The molecule has 0 spiro atoms. The van der Waals surface area contributed by atoms with Gasteiger partial charge in [0.2, 0.25) is 0 Å². The van der Waals surface area contributed by atoms with Gasteiger partial charge in [0.05, 0.1) is 24.7 Å². The number of likely N-dealkylation sites (N-methyl/N-ethyl adjacent to an activating group) is 2. The predicted molar refractivity (Wildman–Crippen MR) is 249 cm³/mol. The second-order valence-electron chi connectivity index (χ2n) is 18.5. The van der Waals surface area contributed by atoms with Crippen LogP contribution in [0, 0.1) is 31.5 Å². The zero-order chi connectivity index (χ0) is 46.1. The van der Waals surface area contributed by atoms with Crippen molar-refractivity contribution in [2.24, 2.45) is 11.8 Å². The van der Waals surface area contributed by atoms with Gasteiger partial charge >= 0.3 is 5.97 Å². The number of hydrogen-bond donors (Lipinski definition) is 2. The van der Waals surface area contributed by atoms with Crippen molar-refractivity contribution in [1.29, 1.82) is 0 Å². The molecule has 0 unspecified atom stereocenters. The van der Waals surface area contributed by atoms with Gasteiger partial charge in [-0.2, -0.15) is 0 Å². The molecule has 4 bridgehead atoms. The van der Waals surface area contributed by atoms with Crippen molar-refractivity contribution < 1.29 is 43.2 Å². The van der Waals surface area contributed by atoms with E-state index in [1.54, 1.807) is 31.0 Å². The molecule has 6 aliphatic rings. The molecule has 10 nitrogen and oxygen atoms in total. The highest BCUT2D eigenvalue weighted by molar-refractivity contribution is 7.99. The second kappa shape index (κ2) is 17.3. The third kappa shape index (κ3) is 7.56. The number of fused-ring (bicyclic) bond motifs is 2. The fourth-order valence-corrected chi connectivity index (χ4v) is 14.9. The van der Waals surface area contributed by atoms with E-state index in [4.69, 9.17) is 14.2 Å². The van der Waals surface area contributed by atoms with Crippen molar-refractivity contribution in [2.45, 2.75) is 89.7 Å². The van der Waals surface area contributed by atoms with E-state index >= 15 is 0 Å². The summed E-state index contributed by atoms with van der Waals surface area (Å²) >= 11 is 3.46. The predicted octanol–water partition coefficient (Wildman–Crippen LogP) is 9.28. The van der Waals surface area contributed by atoms with Crippen LogP contribution in [0.2, 0.25) is 0 Å². The third-order valence-electron chi connectivity index (χ3n) is 14.8. The zero-order valence-electron chi connectivity index (χ0n) is 37.7. The van der Waals surface area contributed by atoms with Gasteiger partial charge < -0.3 is 34.2 Å². The Kier molecular flexibility index (Phi) is 12.0. The standard InChI is InChI=1S/C28H31NO4S.C24H24FNO4S/c1-16-7-6-8-19(13-16)34-27-20-10-9-17(2)26(33-18(3)30)24(20)28-11-12-29(4)25(27)21(28)14-23(32-5)22(31)15-28;1-26-10-9-24-12-18(28)19(30-2)11-16(24)21(26)23(31-14-5-3-13(25)4-6-14)15-7-8-17(27)22(29)20(15)24/h6-10,13-14,21,25,27H,11-12,15H2,1-5H3;3-8,11,16,21,23,27,29H,9-10,12H2,1-2H3/t21-,25-,27-,28-;16-,21-,23-,24-/m11/s1. The number of phenols is 2. The van der Waals surface area contributed by atoms with Crippen LogP contribution in [-0.2, 0) is 34.7 Å². The normalized spacial score (nSPS) is 28.8. The average molecular weight is 919 g/mol. The number of carbonyl (C=O) groups is 3. The maximum Gasteiger partial charge on any atom is 0.308 e. The molecule has 10 rings (SSSR count). The summed E-state index contributed by atoms with van der Waals surface area (Å²) in [5, 5.41) is 21.4. The number of phenolic OH excluding ortho intramolecular Hbond substituents is 2. The van der Waals surface area contributed by atoms with E-state index in [0.29, 0.717) is 35.7 Å². The molecule has 2 saturated heterocycles. The lowest BCUT2D eigenvalue weighted by Gasteiger charge is -2.59. The molecule has 4 aliphatic carbocycles. The molecule has 2 heterocycles. The lowest BCUT2D eigenvalue weighted by Crippen LogP contribution is -2.61. The number of aryl methyl sites for hydroxylation is 2. The smallest absolute Gasteiger partial charge is 0.308 e. The summed E-state index contributed by atoms with van der Waals surface area (Å²) in [6.07, 6.45) is 6.10. The fraction of sp³-hybridized carbons (Fsp3) is 0.404. The summed E-state index contributed by atoms with van der Waals surface area (Å²) in [4.78, 5) is 45.1. The number of Topliss-reactive ketones (excluding diaryl/α,β-unsaturated/α-hetero) is 2. The molecule has 13 heteroatoms. The number of benzene rings is 4. The van der Waals surface area contributed by atoms with Crippen LogP contribution in [0.15, 0.2) is 106 Å². The quantitative estimate of drug-likeness (QED) is 0.104. The SMILES string of the molecule is COC1=C[C@@H]2[C@@H]3[C@H](Sc4ccc(F)cc4)c4ccc(O)c(O)c4[C@]2(CCN3C)CC1=O.COC1=C[C@@H]2[C@@H]3[C@H](Sc4cccc(C)c4)c4ccc(C)c(OC(C)=O)c4[C@]2(CCN3C)CC1=O. The maximum absolute atomic E-state index is 13.5.